The minimum Gasteiger partial charge on any atom is -0.326 e. The van der Waals surface area contributed by atoms with E-state index in [0.29, 0.717) is 6.42 Å². The number of hydrogen-bond donors (Lipinski definition) is 2. The standard InChI is InChI=1S/C11H15NOS/c1-2-3-4-11(13)12-9-5-7-10(14)8-6-9/h5-8,14H,2-4H2,1H3,(H,12,13). The van der Waals surface area contributed by atoms with Crippen molar-refractivity contribution in [3.05, 3.63) is 24.3 Å². The van der Waals surface area contributed by atoms with Gasteiger partial charge in [-0.05, 0) is 30.7 Å². The van der Waals surface area contributed by atoms with Crippen molar-refractivity contribution in [1.82, 2.24) is 0 Å². The Balaban J connectivity index is 2.44. The van der Waals surface area contributed by atoms with Crippen molar-refractivity contribution in [2.75, 3.05) is 5.32 Å². The normalized spacial score (nSPS) is 9.86. The average molecular weight is 209 g/mol. The Labute approximate surface area is 90.1 Å². The van der Waals surface area contributed by atoms with Crippen molar-refractivity contribution in [3.63, 3.8) is 0 Å². The van der Waals surface area contributed by atoms with Crippen LogP contribution < -0.4 is 5.32 Å². The fraction of sp³-hybridized carbons (Fsp3) is 0.364. The van der Waals surface area contributed by atoms with Gasteiger partial charge in [-0.1, -0.05) is 13.3 Å². The van der Waals surface area contributed by atoms with E-state index in [1.165, 1.54) is 0 Å². The molecule has 0 saturated carbocycles. The summed E-state index contributed by atoms with van der Waals surface area (Å²) in [6.07, 6.45) is 2.58. The van der Waals surface area contributed by atoms with Crippen LogP contribution in [0.5, 0.6) is 0 Å². The van der Waals surface area contributed by atoms with E-state index < -0.39 is 0 Å². The number of thiol groups is 1. The molecule has 0 atom stereocenters. The molecule has 1 aromatic rings. The molecule has 0 bridgehead atoms. The minimum atomic E-state index is 0.0822. The number of amides is 1. The molecule has 1 amide bonds. The van der Waals surface area contributed by atoms with Crippen LogP contribution >= 0.6 is 12.6 Å². The Morgan fingerprint density at radius 1 is 1.36 bits per heavy atom. The minimum absolute atomic E-state index is 0.0822. The maximum absolute atomic E-state index is 11.3. The summed E-state index contributed by atoms with van der Waals surface area (Å²) < 4.78 is 0. The Morgan fingerprint density at radius 3 is 2.57 bits per heavy atom. The van der Waals surface area contributed by atoms with Crippen LogP contribution in [0.1, 0.15) is 26.2 Å². The van der Waals surface area contributed by atoms with E-state index in [1.54, 1.807) is 0 Å². The molecule has 3 heteroatoms. The summed E-state index contributed by atoms with van der Waals surface area (Å²) in [4.78, 5) is 12.2. The van der Waals surface area contributed by atoms with Crippen LogP contribution in [0.3, 0.4) is 0 Å². The van der Waals surface area contributed by atoms with Crippen LogP contribution in [-0.4, -0.2) is 5.91 Å². The number of benzene rings is 1. The molecule has 1 N–H and O–H groups in total. The monoisotopic (exact) mass is 209 g/mol. The van der Waals surface area contributed by atoms with Gasteiger partial charge >= 0.3 is 0 Å². The van der Waals surface area contributed by atoms with Gasteiger partial charge in [0.1, 0.15) is 0 Å². The number of carbonyl (C=O) groups excluding carboxylic acids is 1. The molecule has 14 heavy (non-hydrogen) atoms. The first-order valence-electron chi connectivity index (χ1n) is 4.81. The first-order chi connectivity index (χ1) is 6.72. The Morgan fingerprint density at radius 2 is 2.00 bits per heavy atom. The third kappa shape index (κ3) is 3.83. The highest BCUT2D eigenvalue weighted by Crippen LogP contribution is 2.12. The molecule has 0 aliphatic carbocycles. The van der Waals surface area contributed by atoms with Gasteiger partial charge in [0.15, 0.2) is 0 Å². The topological polar surface area (TPSA) is 29.1 Å². The van der Waals surface area contributed by atoms with Crippen molar-refractivity contribution in [2.45, 2.75) is 31.1 Å². The van der Waals surface area contributed by atoms with E-state index in [1.807, 2.05) is 24.3 Å². The maximum Gasteiger partial charge on any atom is 0.224 e. The molecule has 2 nitrogen and oxygen atoms in total. The quantitative estimate of drug-likeness (QED) is 0.733. The van der Waals surface area contributed by atoms with Crippen LogP contribution in [0, 0.1) is 0 Å². The molecular weight excluding hydrogens is 194 g/mol. The lowest BCUT2D eigenvalue weighted by Gasteiger charge is -2.04. The molecule has 0 aliphatic heterocycles. The van der Waals surface area contributed by atoms with Crippen LogP contribution in [-0.2, 0) is 4.79 Å². The fourth-order valence-corrected chi connectivity index (χ4v) is 1.25. The third-order valence-corrected chi connectivity index (χ3v) is 2.21. The maximum atomic E-state index is 11.3. The van der Waals surface area contributed by atoms with Gasteiger partial charge in [-0.15, -0.1) is 12.6 Å². The first kappa shape index (κ1) is 11.1. The Kier molecular flexibility index (Phi) is 4.53. The summed E-state index contributed by atoms with van der Waals surface area (Å²) in [6, 6.07) is 7.43. The van der Waals surface area contributed by atoms with Crippen LogP contribution in [0.15, 0.2) is 29.2 Å². The third-order valence-electron chi connectivity index (χ3n) is 1.91. The van der Waals surface area contributed by atoms with Crippen molar-refractivity contribution in [3.8, 4) is 0 Å². The van der Waals surface area contributed by atoms with Gasteiger partial charge in [-0.2, -0.15) is 0 Å². The second-order valence-corrected chi connectivity index (χ2v) is 3.72. The molecule has 0 heterocycles. The molecule has 0 aromatic heterocycles. The lowest BCUT2D eigenvalue weighted by molar-refractivity contribution is -0.116. The average Bonchev–Trinajstić information content (AvgIpc) is 2.18. The van der Waals surface area contributed by atoms with Gasteiger partial charge in [-0.25, -0.2) is 0 Å². The second-order valence-electron chi connectivity index (χ2n) is 3.20. The fourth-order valence-electron chi connectivity index (χ4n) is 1.11. The highest BCUT2D eigenvalue weighted by Gasteiger charge is 2.00. The van der Waals surface area contributed by atoms with E-state index in [-0.39, 0.29) is 5.91 Å². The molecular formula is C11H15NOS. The number of rotatable bonds is 4. The van der Waals surface area contributed by atoms with Crippen molar-refractivity contribution >= 4 is 24.2 Å². The molecule has 0 radical (unpaired) electrons. The van der Waals surface area contributed by atoms with E-state index in [0.717, 1.165) is 23.4 Å². The summed E-state index contributed by atoms with van der Waals surface area (Å²) in [5.74, 6) is 0.0822. The van der Waals surface area contributed by atoms with Crippen molar-refractivity contribution in [2.24, 2.45) is 0 Å². The number of unbranched alkanes of at least 4 members (excludes halogenated alkanes) is 1. The van der Waals surface area contributed by atoms with E-state index in [4.69, 9.17) is 0 Å². The number of hydrogen-bond acceptors (Lipinski definition) is 2. The largest absolute Gasteiger partial charge is 0.326 e. The zero-order chi connectivity index (χ0) is 10.4. The van der Waals surface area contributed by atoms with E-state index >= 15 is 0 Å². The Hall–Kier alpha value is -0.960. The molecule has 0 aliphatic rings. The molecule has 0 saturated heterocycles. The van der Waals surface area contributed by atoms with Gasteiger partial charge in [0, 0.05) is 17.0 Å². The lowest BCUT2D eigenvalue weighted by atomic mass is 10.2. The first-order valence-corrected chi connectivity index (χ1v) is 5.26. The highest BCUT2D eigenvalue weighted by molar-refractivity contribution is 7.80. The smallest absolute Gasteiger partial charge is 0.224 e. The highest BCUT2D eigenvalue weighted by atomic mass is 32.1. The summed E-state index contributed by atoms with van der Waals surface area (Å²) >= 11 is 4.17. The SMILES string of the molecule is CCCCC(=O)Nc1ccc(S)cc1. The van der Waals surface area contributed by atoms with Gasteiger partial charge in [0.2, 0.25) is 5.91 Å². The summed E-state index contributed by atoms with van der Waals surface area (Å²) in [5.41, 5.74) is 0.837. The zero-order valence-electron chi connectivity index (χ0n) is 8.29. The molecule has 1 aromatic carbocycles. The second kappa shape index (κ2) is 5.70. The van der Waals surface area contributed by atoms with Crippen LogP contribution in [0.25, 0.3) is 0 Å². The van der Waals surface area contributed by atoms with E-state index in [2.05, 4.69) is 24.9 Å². The zero-order valence-corrected chi connectivity index (χ0v) is 9.18. The van der Waals surface area contributed by atoms with Gasteiger partial charge in [0.05, 0.1) is 0 Å². The lowest BCUT2D eigenvalue weighted by Crippen LogP contribution is -2.10. The van der Waals surface area contributed by atoms with Gasteiger partial charge in [0.25, 0.3) is 0 Å². The molecule has 76 valence electrons. The molecule has 0 fully saturated rings. The predicted molar refractivity (Wildman–Crippen MR) is 61.8 cm³/mol. The van der Waals surface area contributed by atoms with Crippen molar-refractivity contribution < 1.29 is 4.79 Å². The number of anilines is 1. The molecule has 0 unspecified atom stereocenters. The van der Waals surface area contributed by atoms with Crippen LogP contribution in [0.4, 0.5) is 5.69 Å². The van der Waals surface area contributed by atoms with Crippen molar-refractivity contribution in [1.29, 1.82) is 0 Å². The summed E-state index contributed by atoms with van der Waals surface area (Å²) in [7, 11) is 0. The molecule has 0 spiro atoms. The Bertz CT molecular complexity index is 295. The summed E-state index contributed by atoms with van der Waals surface area (Å²) in [6.45, 7) is 2.07. The number of carbonyl (C=O) groups is 1. The van der Waals surface area contributed by atoms with Gasteiger partial charge < -0.3 is 5.32 Å². The van der Waals surface area contributed by atoms with E-state index in [9.17, 15) is 4.79 Å². The molecule has 1 rings (SSSR count). The van der Waals surface area contributed by atoms with Gasteiger partial charge in [-0.3, -0.25) is 4.79 Å². The summed E-state index contributed by atoms with van der Waals surface area (Å²) in [5, 5.41) is 2.83. The van der Waals surface area contributed by atoms with Crippen LogP contribution in [0.2, 0.25) is 0 Å². The predicted octanol–water partition coefficient (Wildman–Crippen LogP) is 3.10. The number of nitrogens with one attached hydrogen (secondary N) is 1.